The van der Waals surface area contributed by atoms with E-state index >= 15 is 0 Å². The van der Waals surface area contributed by atoms with Gasteiger partial charge < -0.3 is 15.2 Å². The van der Waals surface area contributed by atoms with Gasteiger partial charge >= 0.3 is 0 Å². The largest absolute Gasteiger partial charge is 0.354 e. The summed E-state index contributed by atoms with van der Waals surface area (Å²) in [5, 5.41) is 3.11. The number of imidazole rings is 1. The summed E-state index contributed by atoms with van der Waals surface area (Å²) in [7, 11) is 4.22. The quantitative estimate of drug-likeness (QED) is 0.790. The van der Waals surface area contributed by atoms with Crippen LogP contribution in [0.1, 0.15) is 37.9 Å². The third kappa shape index (κ3) is 3.78. The lowest BCUT2D eigenvalue weighted by Gasteiger charge is -2.36. The molecule has 0 aliphatic heterocycles. The van der Waals surface area contributed by atoms with Crippen molar-refractivity contribution in [2.24, 2.45) is 0 Å². The molecule has 130 valence electrons. The summed E-state index contributed by atoms with van der Waals surface area (Å²) in [5.74, 6) is 0.881. The van der Waals surface area contributed by atoms with Crippen LogP contribution in [0.25, 0.3) is 11.2 Å². The molecule has 2 aromatic heterocycles. The fourth-order valence-corrected chi connectivity index (χ4v) is 3.77. The lowest BCUT2D eigenvalue weighted by Crippen LogP contribution is -2.50. The van der Waals surface area contributed by atoms with Crippen molar-refractivity contribution in [3.05, 3.63) is 22.6 Å². The molecule has 1 aliphatic carbocycles. The Labute approximate surface area is 150 Å². The van der Waals surface area contributed by atoms with Gasteiger partial charge in [0.1, 0.15) is 5.82 Å². The highest BCUT2D eigenvalue weighted by Crippen LogP contribution is 2.33. The predicted molar refractivity (Wildman–Crippen MR) is 97.8 cm³/mol. The molecule has 3 rings (SSSR count). The average Bonchev–Trinajstić information content (AvgIpc) is 3.17. The van der Waals surface area contributed by atoms with Gasteiger partial charge in [0.15, 0.2) is 5.65 Å². The van der Waals surface area contributed by atoms with Crippen LogP contribution in [0.4, 0.5) is 0 Å². The van der Waals surface area contributed by atoms with E-state index in [9.17, 15) is 4.79 Å². The topological polar surface area (TPSA) is 73.9 Å². The Hall–Kier alpha value is -1.47. The van der Waals surface area contributed by atoms with Crippen LogP contribution in [-0.2, 0) is 11.2 Å². The first kappa shape index (κ1) is 17.4. The Morgan fingerprint density at radius 1 is 1.42 bits per heavy atom. The molecule has 2 N–H and O–H groups in total. The van der Waals surface area contributed by atoms with Crippen molar-refractivity contribution >= 4 is 33.0 Å². The molecule has 2 aromatic rings. The fraction of sp³-hybridized carbons (Fsp3) is 0.588. The van der Waals surface area contributed by atoms with Gasteiger partial charge in [-0.3, -0.25) is 4.79 Å². The summed E-state index contributed by atoms with van der Waals surface area (Å²) < 4.78 is 0.911. The van der Waals surface area contributed by atoms with Gasteiger partial charge in [-0.25, -0.2) is 9.97 Å². The van der Waals surface area contributed by atoms with Gasteiger partial charge in [0, 0.05) is 35.6 Å². The van der Waals surface area contributed by atoms with Crippen molar-refractivity contribution < 1.29 is 4.79 Å². The van der Waals surface area contributed by atoms with Crippen LogP contribution in [0.15, 0.2) is 16.7 Å². The molecule has 0 radical (unpaired) electrons. The number of H-pyrrole nitrogens is 1. The third-order valence-electron chi connectivity index (χ3n) is 5.04. The van der Waals surface area contributed by atoms with Crippen LogP contribution in [-0.4, -0.2) is 51.9 Å². The van der Waals surface area contributed by atoms with E-state index in [1.54, 1.807) is 6.20 Å². The maximum Gasteiger partial charge on any atom is 0.220 e. The first-order valence-corrected chi connectivity index (χ1v) is 9.22. The Balaban J connectivity index is 1.53. The number of carbonyl (C=O) groups is 1. The zero-order valence-corrected chi connectivity index (χ0v) is 15.8. The highest BCUT2D eigenvalue weighted by molar-refractivity contribution is 9.10. The van der Waals surface area contributed by atoms with Gasteiger partial charge in [-0.05, 0) is 48.9 Å². The second kappa shape index (κ2) is 7.19. The van der Waals surface area contributed by atoms with Crippen molar-refractivity contribution in [2.75, 3.05) is 20.6 Å². The molecule has 0 aromatic carbocycles. The van der Waals surface area contributed by atoms with E-state index in [-0.39, 0.29) is 11.4 Å². The normalized spacial score (nSPS) is 16.8. The van der Waals surface area contributed by atoms with Crippen LogP contribution < -0.4 is 5.32 Å². The number of fused-ring (bicyclic) bond motifs is 1. The SMILES string of the molecule is CN(C)C1(CNC(=O)CCc2nc3ncc(Br)cc3[nH]2)CCCC1. The smallest absolute Gasteiger partial charge is 0.220 e. The Kier molecular flexibility index (Phi) is 5.20. The van der Waals surface area contributed by atoms with Gasteiger partial charge in [-0.1, -0.05) is 12.8 Å². The fourth-order valence-electron chi connectivity index (χ4n) is 3.44. The number of aromatic amines is 1. The van der Waals surface area contributed by atoms with Gasteiger partial charge in [-0.15, -0.1) is 0 Å². The van der Waals surface area contributed by atoms with Crippen LogP contribution in [0.3, 0.4) is 0 Å². The molecule has 1 aliphatic rings. The van der Waals surface area contributed by atoms with Gasteiger partial charge in [0.25, 0.3) is 0 Å². The minimum absolute atomic E-state index is 0.0812. The molecule has 0 spiro atoms. The lowest BCUT2D eigenvalue weighted by atomic mass is 9.96. The van der Waals surface area contributed by atoms with E-state index in [4.69, 9.17) is 0 Å². The molecule has 1 amide bonds. The summed E-state index contributed by atoms with van der Waals surface area (Å²) >= 11 is 3.39. The van der Waals surface area contributed by atoms with Gasteiger partial charge in [0.2, 0.25) is 5.91 Å². The molecule has 24 heavy (non-hydrogen) atoms. The number of halogens is 1. The average molecular weight is 394 g/mol. The summed E-state index contributed by atoms with van der Waals surface area (Å²) in [6.07, 6.45) is 7.56. The number of carbonyl (C=O) groups excluding carboxylic acids is 1. The Morgan fingerprint density at radius 2 is 2.17 bits per heavy atom. The van der Waals surface area contributed by atoms with Gasteiger partial charge in [-0.2, -0.15) is 0 Å². The third-order valence-corrected chi connectivity index (χ3v) is 5.47. The minimum atomic E-state index is 0.0812. The monoisotopic (exact) mass is 393 g/mol. The Morgan fingerprint density at radius 3 is 2.88 bits per heavy atom. The first-order valence-electron chi connectivity index (χ1n) is 8.43. The number of rotatable bonds is 6. The summed E-state index contributed by atoms with van der Waals surface area (Å²) in [4.78, 5) is 26.4. The molecule has 1 fully saturated rings. The molecule has 2 heterocycles. The maximum absolute atomic E-state index is 12.2. The highest BCUT2D eigenvalue weighted by atomic mass is 79.9. The van der Waals surface area contributed by atoms with E-state index in [1.807, 2.05) is 6.07 Å². The molecular formula is C17H24BrN5O. The molecule has 0 unspecified atom stereocenters. The predicted octanol–water partition coefficient (Wildman–Crippen LogP) is 2.64. The number of hydrogen-bond acceptors (Lipinski definition) is 4. The zero-order valence-electron chi connectivity index (χ0n) is 14.2. The molecule has 0 bridgehead atoms. The Bertz CT molecular complexity index is 721. The van der Waals surface area contributed by atoms with E-state index in [0.717, 1.165) is 35.2 Å². The van der Waals surface area contributed by atoms with Crippen molar-refractivity contribution in [3.63, 3.8) is 0 Å². The summed E-state index contributed by atoms with van der Waals surface area (Å²) in [6, 6.07) is 1.94. The molecular weight excluding hydrogens is 370 g/mol. The molecule has 1 saturated carbocycles. The van der Waals surface area contributed by atoms with Crippen LogP contribution >= 0.6 is 15.9 Å². The molecule has 6 nitrogen and oxygen atoms in total. The van der Waals surface area contributed by atoms with Crippen LogP contribution in [0, 0.1) is 0 Å². The number of nitrogens with zero attached hydrogens (tertiary/aromatic N) is 3. The van der Waals surface area contributed by atoms with Crippen molar-refractivity contribution in [1.82, 2.24) is 25.2 Å². The van der Waals surface area contributed by atoms with Crippen LogP contribution in [0.5, 0.6) is 0 Å². The number of hydrogen-bond donors (Lipinski definition) is 2. The van der Waals surface area contributed by atoms with E-state index in [0.29, 0.717) is 18.5 Å². The standard InChI is InChI=1S/C17H24BrN5O/c1-23(2)17(7-3-4-8-17)11-20-15(24)6-5-14-21-13-9-12(18)10-19-16(13)22-14/h9-10H,3-8,11H2,1-2H3,(H,20,24)(H,19,21,22). The number of pyridine rings is 1. The number of aromatic nitrogens is 3. The number of nitrogens with one attached hydrogen (secondary N) is 2. The maximum atomic E-state index is 12.2. The number of aryl methyl sites for hydroxylation is 1. The van der Waals surface area contributed by atoms with E-state index in [1.165, 1.54) is 12.8 Å². The van der Waals surface area contributed by atoms with E-state index < -0.39 is 0 Å². The lowest BCUT2D eigenvalue weighted by molar-refractivity contribution is -0.121. The second-order valence-corrected chi connectivity index (χ2v) is 7.73. The molecule has 0 atom stereocenters. The highest BCUT2D eigenvalue weighted by Gasteiger charge is 2.35. The van der Waals surface area contributed by atoms with E-state index in [2.05, 4.69) is 55.2 Å². The first-order chi connectivity index (χ1) is 11.5. The summed E-state index contributed by atoms with van der Waals surface area (Å²) in [6.45, 7) is 0.730. The second-order valence-electron chi connectivity index (χ2n) is 6.81. The number of likely N-dealkylation sites (N-methyl/N-ethyl adjacent to an activating group) is 1. The van der Waals surface area contributed by atoms with Gasteiger partial charge in [0.05, 0.1) is 5.52 Å². The molecule has 7 heteroatoms. The zero-order chi connectivity index (χ0) is 17.2. The summed E-state index contributed by atoms with van der Waals surface area (Å²) in [5.41, 5.74) is 1.70. The van der Waals surface area contributed by atoms with Crippen LogP contribution in [0.2, 0.25) is 0 Å². The molecule has 0 saturated heterocycles. The number of amides is 1. The van der Waals surface area contributed by atoms with Crippen molar-refractivity contribution in [3.8, 4) is 0 Å². The van der Waals surface area contributed by atoms with Crippen molar-refractivity contribution in [1.29, 1.82) is 0 Å². The minimum Gasteiger partial charge on any atom is -0.354 e. The van der Waals surface area contributed by atoms with Crippen molar-refractivity contribution in [2.45, 2.75) is 44.1 Å².